The molecule has 0 aliphatic rings. The molecular formula is C15H16N2O2. The van der Waals surface area contributed by atoms with Gasteiger partial charge in [0.1, 0.15) is 0 Å². The lowest BCUT2D eigenvalue weighted by molar-refractivity contribution is 0.0691. The zero-order chi connectivity index (χ0) is 13.8. The summed E-state index contributed by atoms with van der Waals surface area (Å²) in [6.07, 6.45) is 1.50. The van der Waals surface area contributed by atoms with Gasteiger partial charge in [-0.15, -0.1) is 0 Å². The molecule has 1 aromatic heterocycles. The van der Waals surface area contributed by atoms with Crippen LogP contribution in [-0.4, -0.2) is 35.1 Å². The number of carbonyl (C=O) groups is 1. The molecule has 0 atom stereocenters. The molecule has 2 rings (SSSR count). The summed E-state index contributed by atoms with van der Waals surface area (Å²) in [5.41, 5.74) is 2.76. The summed E-state index contributed by atoms with van der Waals surface area (Å²) in [5.74, 6) is -1.01. The van der Waals surface area contributed by atoms with E-state index in [1.54, 1.807) is 12.1 Å². The average Bonchev–Trinajstić information content (AvgIpc) is 2.38. The van der Waals surface area contributed by atoms with Crippen molar-refractivity contribution in [3.05, 3.63) is 53.9 Å². The van der Waals surface area contributed by atoms with Crippen LogP contribution in [0, 0.1) is 0 Å². The van der Waals surface area contributed by atoms with E-state index in [9.17, 15) is 9.90 Å². The number of aromatic carboxylic acids is 1. The molecule has 0 saturated carbocycles. The third-order valence-electron chi connectivity index (χ3n) is 2.75. The van der Waals surface area contributed by atoms with Crippen molar-refractivity contribution in [1.82, 2.24) is 9.88 Å². The standard InChI is InChI=1S/C15H16N2O2/c1-17(2)10-11-5-3-6-12(9-11)13-7-4-8-16-14(13)15(18)19/h3-9H,10H2,1-2H3,(H,18,19). The smallest absolute Gasteiger partial charge is 0.355 e. The van der Waals surface area contributed by atoms with Crippen molar-refractivity contribution in [3.63, 3.8) is 0 Å². The quantitative estimate of drug-likeness (QED) is 0.913. The SMILES string of the molecule is CN(C)Cc1cccc(-c2cccnc2C(=O)O)c1. The minimum atomic E-state index is -1.01. The van der Waals surface area contributed by atoms with E-state index in [4.69, 9.17) is 0 Å². The summed E-state index contributed by atoms with van der Waals surface area (Å²) in [5, 5.41) is 9.17. The Hall–Kier alpha value is -2.20. The van der Waals surface area contributed by atoms with Gasteiger partial charge >= 0.3 is 5.97 Å². The highest BCUT2D eigenvalue weighted by molar-refractivity contribution is 5.93. The number of pyridine rings is 1. The minimum absolute atomic E-state index is 0.0875. The molecule has 1 N–H and O–H groups in total. The van der Waals surface area contributed by atoms with Gasteiger partial charge in [0.2, 0.25) is 0 Å². The summed E-state index contributed by atoms with van der Waals surface area (Å²) >= 11 is 0. The molecule has 0 bridgehead atoms. The van der Waals surface area contributed by atoms with Crippen molar-refractivity contribution >= 4 is 5.97 Å². The molecule has 1 heterocycles. The van der Waals surface area contributed by atoms with Crippen LogP contribution in [0.25, 0.3) is 11.1 Å². The molecule has 19 heavy (non-hydrogen) atoms. The molecule has 4 heteroatoms. The lowest BCUT2D eigenvalue weighted by atomic mass is 10.0. The zero-order valence-electron chi connectivity index (χ0n) is 11.0. The molecule has 0 saturated heterocycles. The molecular weight excluding hydrogens is 240 g/mol. The van der Waals surface area contributed by atoms with Crippen molar-refractivity contribution in [2.45, 2.75) is 6.54 Å². The van der Waals surface area contributed by atoms with Crippen LogP contribution >= 0.6 is 0 Å². The van der Waals surface area contributed by atoms with Gasteiger partial charge in [0.15, 0.2) is 5.69 Å². The predicted octanol–water partition coefficient (Wildman–Crippen LogP) is 2.51. The Labute approximate surface area is 112 Å². The van der Waals surface area contributed by atoms with Crippen LogP contribution in [0.2, 0.25) is 0 Å². The zero-order valence-corrected chi connectivity index (χ0v) is 11.0. The summed E-state index contributed by atoms with van der Waals surface area (Å²) in [4.78, 5) is 17.2. The number of carboxylic acid groups (broad SMARTS) is 1. The van der Waals surface area contributed by atoms with Crippen molar-refractivity contribution in [2.24, 2.45) is 0 Å². The number of nitrogens with zero attached hydrogens (tertiary/aromatic N) is 2. The fourth-order valence-electron chi connectivity index (χ4n) is 2.01. The van der Waals surface area contributed by atoms with Crippen molar-refractivity contribution < 1.29 is 9.90 Å². The van der Waals surface area contributed by atoms with Gasteiger partial charge in [-0.2, -0.15) is 0 Å². The van der Waals surface area contributed by atoms with E-state index in [0.29, 0.717) is 5.56 Å². The highest BCUT2D eigenvalue weighted by Gasteiger charge is 2.12. The maximum absolute atomic E-state index is 11.2. The summed E-state index contributed by atoms with van der Waals surface area (Å²) < 4.78 is 0. The van der Waals surface area contributed by atoms with E-state index in [-0.39, 0.29) is 5.69 Å². The van der Waals surface area contributed by atoms with Crippen LogP contribution in [0.5, 0.6) is 0 Å². The normalized spacial score (nSPS) is 10.7. The first kappa shape index (κ1) is 13.2. The molecule has 0 spiro atoms. The van der Waals surface area contributed by atoms with Gasteiger partial charge in [-0.05, 0) is 37.4 Å². The second kappa shape index (κ2) is 5.63. The third kappa shape index (κ3) is 3.17. The van der Waals surface area contributed by atoms with Gasteiger partial charge in [0, 0.05) is 18.3 Å². The summed E-state index contributed by atoms with van der Waals surface area (Å²) in [7, 11) is 4.00. The van der Waals surface area contributed by atoms with E-state index in [0.717, 1.165) is 17.7 Å². The second-order valence-corrected chi connectivity index (χ2v) is 4.64. The van der Waals surface area contributed by atoms with Gasteiger partial charge in [-0.3, -0.25) is 0 Å². The van der Waals surface area contributed by atoms with Crippen LogP contribution in [0.15, 0.2) is 42.6 Å². The number of hydrogen-bond donors (Lipinski definition) is 1. The number of rotatable bonds is 4. The number of aromatic nitrogens is 1. The van der Waals surface area contributed by atoms with Gasteiger partial charge in [0.25, 0.3) is 0 Å². The largest absolute Gasteiger partial charge is 0.476 e. The van der Waals surface area contributed by atoms with Gasteiger partial charge in [-0.1, -0.05) is 24.3 Å². The Balaban J connectivity index is 2.44. The van der Waals surface area contributed by atoms with Crippen LogP contribution in [-0.2, 0) is 6.54 Å². The number of hydrogen-bond acceptors (Lipinski definition) is 3. The number of carboxylic acids is 1. The van der Waals surface area contributed by atoms with E-state index in [1.165, 1.54) is 6.20 Å². The van der Waals surface area contributed by atoms with Crippen LogP contribution in [0.4, 0.5) is 0 Å². The number of benzene rings is 1. The third-order valence-corrected chi connectivity index (χ3v) is 2.75. The van der Waals surface area contributed by atoms with Crippen molar-refractivity contribution in [2.75, 3.05) is 14.1 Å². The Morgan fingerprint density at radius 2 is 2.05 bits per heavy atom. The molecule has 4 nitrogen and oxygen atoms in total. The first-order valence-electron chi connectivity index (χ1n) is 6.00. The predicted molar refractivity (Wildman–Crippen MR) is 74.0 cm³/mol. The Morgan fingerprint density at radius 3 is 2.74 bits per heavy atom. The Bertz CT molecular complexity index is 594. The highest BCUT2D eigenvalue weighted by atomic mass is 16.4. The first-order chi connectivity index (χ1) is 9.08. The minimum Gasteiger partial charge on any atom is -0.476 e. The molecule has 0 aliphatic heterocycles. The van der Waals surface area contributed by atoms with Crippen LogP contribution < -0.4 is 0 Å². The van der Waals surface area contributed by atoms with Crippen LogP contribution in [0.3, 0.4) is 0 Å². The van der Waals surface area contributed by atoms with Crippen molar-refractivity contribution in [1.29, 1.82) is 0 Å². The van der Waals surface area contributed by atoms with Crippen molar-refractivity contribution in [3.8, 4) is 11.1 Å². The van der Waals surface area contributed by atoms with Gasteiger partial charge < -0.3 is 10.0 Å². The molecule has 98 valence electrons. The maximum atomic E-state index is 11.2. The van der Waals surface area contributed by atoms with E-state index >= 15 is 0 Å². The Morgan fingerprint density at radius 1 is 1.26 bits per heavy atom. The van der Waals surface area contributed by atoms with Crippen LogP contribution in [0.1, 0.15) is 16.1 Å². The monoisotopic (exact) mass is 256 g/mol. The Kier molecular flexibility index (Phi) is 3.92. The lowest BCUT2D eigenvalue weighted by Crippen LogP contribution is -2.10. The van der Waals surface area contributed by atoms with Gasteiger partial charge in [0.05, 0.1) is 0 Å². The maximum Gasteiger partial charge on any atom is 0.355 e. The molecule has 0 amide bonds. The van der Waals surface area contributed by atoms with E-state index in [1.807, 2.05) is 38.4 Å². The fraction of sp³-hybridized carbons (Fsp3) is 0.200. The van der Waals surface area contributed by atoms with E-state index in [2.05, 4.69) is 9.88 Å². The topological polar surface area (TPSA) is 53.4 Å². The second-order valence-electron chi connectivity index (χ2n) is 4.64. The fourth-order valence-corrected chi connectivity index (χ4v) is 2.01. The molecule has 0 unspecified atom stereocenters. The summed E-state index contributed by atoms with van der Waals surface area (Å²) in [6, 6.07) is 11.4. The average molecular weight is 256 g/mol. The lowest BCUT2D eigenvalue weighted by Gasteiger charge is -2.11. The summed E-state index contributed by atoms with van der Waals surface area (Å²) in [6.45, 7) is 0.816. The molecule has 0 radical (unpaired) electrons. The molecule has 2 aromatic rings. The van der Waals surface area contributed by atoms with Gasteiger partial charge in [-0.25, -0.2) is 9.78 Å². The molecule has 1 aromatic carbocycles. The van der Waals surface area contributed by atoms with E-state index < -0.39 is 5.97 Å². The highest BCUT2D eigenvalue weighted by Crippen LogP contribution is 2.23. The first-order valence-corrected chi connectivity index (χ1v) is 6.00. The molecule has 0 fully saturated rings. The molecule has 0 aliphatic carbocycles.